The van der Waals surface area contributed by atoms with Crippen LogP contribution in [0.2, 0.25) is 0 Å². The first-order valence-corrected chi connectivity index (χ1v) is 5.82. The Labute approximate surface area is 110 Å². The third kappa shape index (κ3) is 3.28. The predicted molar refractivity (Wildman–Crippen MR) is 71.0 cm³/mol. The van der Waals surface area contributed by atoms with Crippen molar-refractivity contribution in [3.63, 3.8) is 0 Å². The number of aryl methyl sites for hydroxylation is 1. The van der Waals surface area contributed by atoms with Gasteiger partial charge >= 0.3 is 0 Å². The number of nitrogen functional groups attached to an aromatic ring is 1. The van der Waals surface area contributed by atoms with Crippen molar-refractivity contribution >= 4 is 11.6 Å². The molecule has 0 radical (unpaired) electrons. The van der Waals surface area contributed by atoms with Crippen LogP contribution in [-0.2, 0) is 6.54 Å². The second-order valence-electron chi connectivity index (χ2n) is 4.18. The molecule has 0 bridgehead atoms. The van der Waals surface area contributed by atoms with Crippen LogP contribution in [0.25, 0.3) is 0 Å². The number of halogens is 1. The van der Waals surface area contributed by atoms with Crippen LogP contribution >= 0.6 is 0 Å². The maximum absolute atomic E-state index is 13.1. The Kier molecular flexibility index (Phi) is 3.75. The molecule has 0 spiro atoms. The van der Waals surface area contributed by atoms with Crippen molar-refractivity contribution in [2.45, 2.75) is 13.5 Å². The van der Waals surface area contributed by atoms with Gasteiger partial charge in [-0.2, -0.15) is 0 Å². The van der Waals surface area contributed by atoms with Crippen LogP contribution in [0, 0.1) is 12.7 Å². The van der Waals surface area contributed by atoms with Gasteiger partial charge in [0.05, 0.1) is 17.8 Å². The summed E-state index contributed by atoms with van der Waals surface area (Å²) in [5.41, 5.74) is 7.63. The molecule has 2 rings (SSSR count). The largest absolute Gasteiger partial charge is 0.398 e. The molecule has 98 valence electrons. The molecule has 4 nitrogen and oxygen atoms in total. The third-order valence-corrected chi connectivity index (χ3v) is 2.64. The lowest BCUT2D eigenvalue weighted by Gasteiger charge is -2.07. The first kappa shape index (κ1) is 13.0. The van der Waals surface area contributed by atoms with Crippen molar-refractivity contribution in [1.82, 2.24) is 10.3 Å². The molecule has 0 saturated heterocycles. The number of nitrogens with one attached hydrogen (secondary N) is 1. The number of nitrogens with zero attached hydrogens (tertiary/aromatic N) is 1. The van der Waals surface area contributed by atoms with Crippen LogP contribution in [0.1, 0.15) is 21.7 Å². The van der Waals surface area contributed by atoms with Crippen LogP contribution in [0.4, 0.5) is 10.1 Å². The molecule has 5 heteroatoms. The minimum Gasteiger partial charge on any atom is -0.398 e. The van der Waals surface area contributed by atoms with Gasteiger partial charge in [0.15, 0.2) is 0 Å². The number of hydrogen-bond acceptors (Lipinski definition) is 3. The fourth-order valence-corrected chi connectivity index (χ4v) is 1.69. The second kappa shape index (κ2) is 5.48. The standard InChI is InChI=1S/C14H14FN3O/c1-9-3-2-4-11(18-9)8-17-14(19)12-7-10(15)5-6-13(12)16/h2-7H,8,16H2,1H3,(H,17,19). The zero-order valence-electron chi connectivity index (χ0n) is 10.5. The maximum Gasteiger partial charge on any atom is 0.253 e. The summed E-state index contributed by atoms with van der Waals surface area (Å²) in [5, 5.41) is 2.66. The van der Waals surface area contributed by atoms with E-state index in [1.807, 2.05) is 25.1 Å². The topological polar surface area (TPSA) is 68.0 Å². The van der Waals surface area contributed by atoms with Crippen molar-refractivity contribution < 1.29 is 9.18 Å². The van der Waals surface area contributed by atoms with Crippen LogP contribution in [0.3, 0.4) is 0 Å². The normalized spacial score (nSPS) is 10.2. The Morgan fingerprint density at radius 2 is 2.16 bits per heavy atom. The molecule has 2 aromatic rings. The molecule has 3 N–H and O–H groups in total. The number of nitrogens with two attached hydrogens (primary N) is 1. The molecule has 1 heterocycles. The zero-order valence-corrected chi connectivity index (χ0v) is 10.5. The van der Waals surface area contributed by atoms with E-state index < -0.39 is 11.7 Å². The minimum atomic E-state index is -0.493. The van der Waals surface area contributed by atoms with E-state index in [2.05, 4.69) is 10.3 Å². The van der Waals surface area contributed by atoms with E-state index >= 15 is 0 Å². The molecule has 0 atom stereocenters. The Morgan fingerprint density at radius 1 is 1.37 bits per heavy atom. The van der Waals surface area contributed by atoms with Crippen LogP contribution in [0.15, 0.2) is 36.4 Å². The summed E-state index contributed by atoms with van der Waals surface area (Å²) in [6, 6.07) is 9.25. The van der Waals surface area contributed by atoms with E-state index in [4.69, 9.17) is 5.73 Å². The monoisotopic (exact) mass is 259 g/mol. The van der Waals surface area contributed by atoms with Gasteiger partial charge in [-0.1, -0.05) is 6.07 Å². The number of aromatic nitrogens is 1. The summed E-state index contributed by atoms with van der Waals surface area (Å²) in [5.74, 6) is -0.909. The van der Waals surface area contributed by atoms with Gasteiger partial charge in [0, 0.05) is 11.4 Å². The summed E-state index contributed by atoms with van der Waals surface area (Å²) in [6.07, 6.45) is 0. The van der Waals surface area contributed by atoms with Gasteiger partial charge in [-0.3, -0.25) is 9.78 Å². The fraction of sp³-hybridized carbons (Fsp3) is 0.143. The highest BCUT2D eigenvalue weighted by atomic mass is 19.1. The summed E-state index contributed by atoms with van der Waals surface area (Å²) in [4.78, 5) is 16.1. The molecular weight excluding hydrogens is 245 g/mol. The van der Waals surface area contributed by atoms with E-state index in [9.17, 15) is 9.18 Å². The van der Waals surface area contributed by atoms with Crippen molar-refractivity contribution in [2.75, 3.05) is 5.73 Å². The Balaban J connectivity index is 2.07. The lowest BCUT2D eigenvalue weighted by molar-refractivity contribution is 0.0951. The number of hydrogen-bond donors (Lipinski definition) is 2. The summed E-state index contributed by atoms with van der Waals surface area (Å²) in [7, 11) is 0. The molecule has 0 aliphatic heterocycles. The fourth-order valence-electron chi connectivity index (χ4n) is 1.69. The molecule has 19 heavy (non-hydrogen) atoms. The maximum atomic E-state index is 13.1. The van der Waals surface area contributed by atoms with E-state index in [1.165, 1.54) is 12.1 Å². The van der Waals surface area contributed by atoms with Crippen LogP contribution < -0.4 is 11.1 Å². The minimum absolute atomic E-state index is 0.132. The van der Waals surface area contributed by atoms with Gasteiger partial charge < -0.3 is 11.1 Å². The molecule has 1 amide bonds. The van der Waals surface area contributed by atoms with E-state index in [0.717, 1.165) is 17.5 Å². The lowest BCUT2D eigenvalue weighted by atomic mass is 10.1. The number of carbonyl (C=O) groups excluding carboxylic acids is 1. The van der Waals surface area contributed by atoms with Gasteiger partial charge in [0.2, 0.25) is 0 Å². The predicted octanol–water partition coefficient (Wildman–Crippen LogP) is 2.04. The van der Waals surface area contributed by atoms with Gasteiger partial charge in [0.25, 0.3) is 5.91 Å². The number of amides is 1. The van der Waals surface area contributed by atoms with Crippen molar-refractivity contribution in [3.8, 4) is 0 Å². The molecule has 0 saturated carbocycles. The molecular formula is C14H14FN3O. The lowest BCUT2D eigenvalue weighted by Crippen LogP contribution is -2.24. The van der Waals surface area contributed by atoms with Crippen LogP contribution in [-0.4, -0.2) is 10.9 Å². The summed E-state index contributed by atoms with van der Waals surface area (Å²) in [6.45, 7) is 2.15. The summed E-state index contributed by atoms with van der Waals surface area (Å²) < 4.78 is 13.1. The van der Waals surface area contributed by atoms with Crippen molar-refractivity contribution in [1.29, 1.82) is 0 Å². The number of rotatable bonds is 3. The molecule has 0 aliphatic carbocycles. The number of benzene rings is 1. The average Bonchev–Trinajstić information content (AvgIpc) is 2.39. The Morgan fingerprint density at radius 3 is 2.89 bits per heavy atom. The highest BCUT2D eigenvalue weighted by Crippen LogP contribution is 2.13. The first-order chi connectivity index (χ1) is 9.06. The third-order valence-electron chi connectivity index (χ3n) is 2.64. The zero-order chi connectivity index (χ0) is 13.8. The first-order valence-electron chi connectivity index (χ1n) is 5.82. The van der Waals surface area contributed by atoms with E-state index in [-0.39, 0.29) is 17.8 Å². The molecule has 0 aliphatic rings. The van der Waals surface area contributed by atoms with Gasteiger partial charge in [-0.05, 0) is 37.3 Å². The van der Waals surface area contributed by atoms with Crippen LogP contribution in [0.5, 0.6) is 0 Å². The second-order valence-corrected chi connectivity index (χ2v) is 4.18. The quantitative estimate of drug-likeness (QED) is 0.829. The Bertz CT molecular complexity index is 613. The molecule has 1 aromatic carbocycles. The van der Waals surface area contributed by atoms with Gasteiger partial charge in [-0.25, -0.2) is 4.39 Å². The number of pyridine rings is 1. The SMILES string of the molecule is Cc1cccc(CNC(=O)c2cc(F)ccc2N)n1. The summed E-state index contributed by atoms with van der Waals surface area (Å²) >= 11 is 0. The highest BCUT2D eigenvalue weighted by Gasteiger charge is 2.10. The number of carbonyl (C=O) groups is 1. The highest BCUT2D eigenvalue weighted by molar-refractivity contribution is 5.99. The Hall–Kier alpha value is -2.43. The van der Waals surface area contributed by atoms with E-state index in [1.54, 1.807) is 0 Å². The smallest absolute Gasteiger partial charge is 0.253 e. The molecule has 0 fully saturated rings. The number of anilines is 1. The van der Waals surface area contributed by atoms with Crippen molar-refractivity contribution in [2.24, 2.45) is 0 Å². The van der Waals surface area contributed by atoms with E-state index in [0.29, 0.717) is 0 Å². The average molecular weight is 259 g/mol. The van der Waals surface area contributed by atoms with Crippen molar-refractivity contribution in [3.05, 3.63) is 59.2 Å². The molecule has 1 aromatic heterocycles. The molecule has 0 unspecified atom stereocenters. The van der Waals surface area contributed by atoms with Gasteiger partial charge in [-0.15, -0.1) is 0 Å². The van der Waals surface area contributed by atoms with Gasteiger partial charge in [0.1, 0.15) is 5.82 Å².